The fourth-order valence-electron chi connectivity index (χ4n) is 8.40. The molecule has 240 valence electrons. The molecule has 3 aliphatic rings. The molecule has 1 aliphatic carbocycles. The van der Waals surface area contributed by atoms with Gasteiger partial charge >= 0.3 is 0 Å². The van der Waals surface area contributed by atoms with Crippen LogP contribution < -0.4 is 4.90 Å². The Hall–Kier alpha value is -4.53. The van der Waals surface area contributed by atoms with Gasteiger partial charge in [-0.2, -0.15) is 10.4 Å². The molecule has 0 atom stereocenters. The van der Waals surface area contributed by atoms with E-state index in [1.54, 1.807) is 24.0 Å². The number of piperidine rings is 1. The molecule has 1 saturated heterocycles. The van der Waals surface area contributed by atoms with Crippen LogP contribution in [0.1, 0.15) is 51.0 Å². The smallest absolute Gasteiger partial charge is 0.237 e. The standard InChI is InChI=1S/C36H37N7O3S/c1-4-47(45,46)26-9-6-23(7-10-26)32-29(24-8-11-27-25(20-24)21-39-42(27)3)30-31-28(22-38-33(30)40-32)41(2)34(44)36(31)15-18-43(19-16-36)35(14-17-37)12-5-13-35/h6-11,20-22H,4-5,12-16,18-19H2,1-3H3,(H,38,40). The summed E-state index contributed by atoms with van der Waals surface area (Å²) in [5, 5.41) is 16.0. The molecule has 5 heterocycles. The lowest BCUT2D eigenvalue weighted by atomic mass is 9.68. The zero-order chi connectivity index (χ0) is 32.7. The molecule has 0 radical (unpaired) electrons. The number of carbonyl (C=O) groups is 1. The third kappa shape index (κ3) is 4.24. The molecule has 5 aromatic rings. The monoisotopic (exact) mass is 647 g/mol. The summed E-state index contributed by atoms with van der Waals surface area (Å²) >= 11 is 0. The highest BCUT2D eigenvalue weighted by Gasteiger charge is 2.55. The van der Waals surface area contributed by atoms with Gasteiger partial charge in [-0.25, -0.2) is 13.4 Å². The van der Waals surface area contributed by atoms with Crippen LogP contribution in [0.4, 0.5) is 5.69 Å². The van der Waals surface area contributed by atoms with Crippen LogP contribution in [-0.4, -0.2) is 70.4 Å². The van der Waals surface area contributed by atoms with Gasteiger partial charge in [-0.15, -0.1) is 0 Å². The highest BCUT2D eigenvalue weighted by atomic mass is 32.2. The lowest BCUT2D eigenvalue weighted by Crippen LogP contribution is -2.59. The Morgan fingerprint density at radius 1 is 1.00 bits per heavy atom. The molecule has 1 N–H and O–H groups in total. The van der Waals surface area contributed by atoms with Crippen molar-refractivity contribution in [2.75, 3.05) is 30.8 Å². The normalized spacial score (nSPS) is 18.9. The van der Waals surface area contributed by atoms with Crippen molar-refractivity contribution in [2.45, 2.75) is 61.3 Å². The number of aromatic nitrogens is 4. The van der Waals surface area contributed by atoms with Crippen molar-refractivity contribution in [3.63, 3.8) is 0 Å². The number of fused-ring (bicyclic) bond motifs is 5. The van der Waals surface area contributed by atoms with Crippen LogP contribution in [0.2, 0.25) is 0 Å². The number of carbonyl (C=O) groups excluding carboxylic acids is 1. The largest absolute Gasteiger partial charge is 0.339 e. The zero-order valence-electron chi connectivity index (χ0n) is 26.9. The third-order valence-corrected chi connectivity index (χ3v) is 13.0. The molecule has 47 heavy (non-hydrogen) atoms. The molecule has 2 aromatic carbocycles. The SMILES string of the molecule is CCS(=O)(=O)c1ccc(-c2[nH]c3ncc4c(c3c2-c2ccc3c(cnn3C)c2)C2(CCN(C3(CC#N)CCC3)CC2)C(=O)N4C)cc1. The molecule has 11 heteroatoms. The number of anilines is 1. The number of rotatable bonds is 6. The van der Waals surface area contributed by atoms with E-state index < -0.39 is 15.3 Å². The Morgan fingerprint density at radius 2 is 1.72 bits per heavy atom. The summed E-state index contributed by atoms with van der Waals surface area (Å²) in [6.45, 7) is 3.16. The van der Waals surface area contributed by atoms with Crippen molar-refractivity contribution in [3.05, 3.63) is 60.4 Å². The Kier molecular flexibility index (Phi) is 6.66. The summed E-state index contributed by atoms with van der Waals surface area (Å²) in [7, 11) is 0.410. The average Bonchev–Trinajstić information content (AvgIpc) is 3.70. The van der Waals surface area contributed by atoms with Crippen LogP contribution in [0.25, 0.3) is 44.3 Å². The number of nitrogens with zero attached hydrogens (tertiary/aromatic N) is 6. The van der Waals surface area contributed by atoms with E-state index in [0.717, 1.165) is 82.3 Å². The summed E-state index contributed by atoms with van der Waals surface area (Å²) in [5.74, 6) is 0.124. The minimum Gasteiger partial charge on any atom is -0.339 e. The minimum absolute atomic E-state index is 0.0316. The van der Waals surface area contributed by atoms with Crippen molar-refractivity contribution < 1.29 is 13.2 Å². The molecule has 0 bridgehead atoms. The number of pyridine rings is 1. The van der Waals surface area contributed by atoms with Crippen molar-refractivity contribution >= 4 is 43.4 Å². The van der Waals surface area contributed by atoms with Gasteiger partial charge in [0.25, 0.3) is 0 Å². The van der Waals surface area contributed by atoms with E-state index in [0.29, 0.717) is 24.9 Å². The third-order valence-electron chi connectivity index (χ3n) is 11.3. The van der Waals surface area contributed by atoms with Gasteiger partial charge in [0.15, 0.2) is 9.84 Å². The minimum atomic E-state index is -3.36. The van der Waals surface area contributed by atoms with E-state index in [2.05, 4.69) is 39.3 Å². The number of sulfone groups is 1. The second-order valence-electron chi connectivity index (χ2n) is 13.4. The van der Waals surface area contributed by atoms with E-state index in [9.17, 15) is 18.5 Å². The van der Waals surface area contributed by atoms with Crippen molar-refractivity contribution in [1.82, 2.24) is 24.6 Å². The summed E-state index contributed by atoms with van der Waals surface area (Å²) in [6.07, 6.45) is 8.74. The van der Waals surface area contributed by atoms with Crippen LogP contribution in [0.3, 0.4) is 0 Å². The number of likely N-dealkylation sites (N-methyl/N-ethyl adjacent to an activating group) is 1. The highest BCUT2D eigenvalue weighted by Crippen LogP contribution is 2.55. The van der Waals surface area contributed by atoms with Crippen LogP contribution in [0, 0.1) is 11.3 Å². The van der Waals surface area contributed by atoms with Gasteiger partial charge in [0.1, 0.15) is 5.65 Å². The lowest BCUT2D eigenvalue weighted by molar-refractivity contribution is -0.126. The number of nitriles is 1. The molecule has 10 nitrogen and oxygen atoms in total. The van der Waals surface area contributed by atoms with Crippen molar-refractivity contribution in [3.8, 4) is 28.5 Å². The number of hydrogen-bond donors (Lipinski definition) is 1. The van der Waals surface area contributed by atoms with Gasteiger partial charge in [0, 0.05) is 54.6 Å². The van der Waals surface area contributed by atoms with Crippen LogP contribution >= 0.6 is 0 Å². The first-order valence-corrected chi connectivity index (χ1v) is 18.0. The molecule has 1 spiro atoms. The Balaban J connectivity index is 1.34. The molecular formula is C36H37N7O3S. The summed E-state index contributed by atoms with van der Waals surface area (Å²) in [5.41, 5.74) is 6.30. The first-order chi connectivity index (χ1) is 22.6. The fourth-order valence-corrected chi connectivity index (χ4v) is 9.29. The second kappa shape index (κ2) is 10.5. The quantitative estimate of drug-likeness (QED) is 0.250. The maximum Gasteiger partial charge on any atom is 0.237 e. The van der Waals surface area contributed by atoms with Gasteiger partial charge in [-0.05, 0) is 67.5 Å². The maximum atomic E-state index is 14.4. The fraction of sp³-hybridized carbons (Fsp3) is 0.389. The Labute approximate surface area is 273 Å². The Bertz CT molecular complexity index is 2230. The number of aromatic amines is 1. The average molecular weight is 648 g/mol. The van der Waals surface area contributed by atoms with Gasteiger partial charge in [-0.3, -0.25) is 14.4 Å². The molecule has 1 amide bonds. The van der Waals surface area contributed by atoms with Crippen LogP contribution in [0.15, 0.2) is 59.8 Å². The summed E-state index contributed by atoms with van der Waals surface area (Å²) in [4.78, 5) is 27.4. The molecular weight excluding hydrogens is 611 g/mol. The van der Waals surface area contributed by atoms with E-state index in [4.69, 9.17) is 4.98 Å². The van der Waals surface area contributed by atoms with Crippen LogP contribution in [0.5, 0.6) is 0 Å². The summed E-state index contributed by atoms with van der Waals surface area (Å²) in [6, 6.07) is 15.7. The predicted octanol–water partition coefficient (Wildman–Crippen LogP) is 5.72. The first-order valence-electron chi connectivity index (χ1n) is 16.3. The van der Waals surface area contributed by atoms with Gasteiger partial charge in [-0.1, -0.05) is 25.1 Å². The number of aryl methyl sites for hydroxylation is 1. The number of likely N-dealkylation sites (tertiary alicyclic amines) is 1. The lowest BCUT2D eigenvalue weighted by Gasteiger charge is -2.53. The van der Waals surface area contributed by atoms with Gasteiger partial charge in [0.2, 0.25) is 5.91 Å². The Morgan fingerprint density at radius 3 is 2.38 bits per heavy atom. The van der Waals surface area contributed by atoms with E-state index in [1.807, 2.05) is 43.3 Å². The predicted molar refractivity (Wildman–Crippen MR) is 182 cm³/mol. The van der Waals surface area contributed by atoms with E-state index in [1.165, 1.54) is 0 Å². The summed E-state index contributed by atoms with van der Waals surface area (Å²) < 4.78 is 27.1. The molecule has 3 aromatic heterocycles. The molecule has 0 unspecified atom stereocenters. The maximum absolute atomic E-state index is 14.4. The van der Waals surface area contributed by atoms with Crippen LogP contribution in [-0.2, 0) is 27.1 Å². The first kappa shape index (κ1) is 29.8. The highest BCUT2D eigenvalue weighted by molar-refractivity contribution is 7.91. The van der Waals surface area contributed by atoms with Gasteiger partial charge < -0.3 is 9.88 Å². The second-order valence-corrected chi connectivity index (χ2v) is 15.7. The van der Waals surface area contributed by atoms with Gasteiger partial charge in [0.05, 0.1) is 57.8 Å². The number of hydrogen-bond acceptors (Lipinski definition) is 7. The number of H-pyrrole nitrogens is 1. The van der Waals surface area contributed by atoms with Crippen molar-refractivity contribution in [2.24, 2.45) is 7.05 Å². The zero-order valence-corrected chi connectivity index (χ0v) is 27.7. The topological polar surface area (TPSA) is 128 Å². The molecule has 8 rings (SSSR count). The molecule has 2 fully saturated rings. The molecule has 2 aliphatic heterocycles. The van der Waals surface area contributed by atoms with E-state index in [-0.39, 0.29) is 22.1 Å². The molecule has 1 saturated carbocycles. The van der Waals surface area contributed by atoms with E-state index >= 15 is 0 Å². The number of benzene rings is 2. The number of amides is 1. The van der Waals surface area contributed by atoms with Crippen molar-refractivity contribution in [1.29, 1.82) is 5.26 Å². The number of nitrogens with one attached hydrogen (secondary N) is 1.